The zero-order valence-corrected chi connectivity index (χ0v) is 13.9. The van der Waals surface area contributed by atoms with Gasteiger partial charge in [0.1, 0.15) is 12.4 Å². The molecule has 128 valence electrons. The third kappa shape index (κ3) is 3.91. The highest BCUT2D eigenvalue weighted by Crippen LogP contribution is 2.25. The second kappa shape index (κ2) is 7.00. The number of piperidine rings is 1. The molecular weight excluding hydrogens is 306 g/mol. The van der Waals surface area contributed by atoms with E-state index < -0.39 is 5.60 Å². The van der Waals surface area contributed by atoms with Gasteiger partial charge in [-0.05, 0) is 31.0 Å². The summed E-state index contributed by atoms with van der Waals surface area (Å²) in [7, 11) is 1.73. The lowest BCUT2D eigenvalue weighted by Crippen LogP contribution is -2.55. The summed E-state index contributed by atoms with van der Waals surface area (Å²) in [6, 6.07) is 7.54. The van der Waals surface area contributed by atoms with Gasteiger partial charge in [0.2, 0.25) is 5.91 Å². The number of hydrogen-bond acceptors (Lipinski definition) is 5. The van der Waals surface area contributed by atoms with Crippen molar-refractivity contribution in [3.05, 3.63) is 42.9 Å². The van der Waals surface area contributed by atoms with Gasteiger partial charge >= 0.3 is 0 Å². The molecule has 1 N–H and O–H groups in total. The Bertz CT molecular complexity index is 661. The Hall–Kier alpha value is -2.41. The minimum Gasteiger partial charge on any atom is -0.386 e. The number of aromatic nitrogens is 3. The zero-order chi connectivity index (χ0) is 17.0. The molecule has 7 nitrogen and oxygen atoms in total. The molecular formula is C17H23N5O2. The van der Waals surface area contributed by atoms with Crippen molar-refractivity contribution in [1.29, 1.82) is 0 Å². The standard InChI is InChI=1S/C17H23N5O2/c1-20(16(23)12-22-11-5-9-19-22)13-17(24)7-4-10-21(14-17)15-6-2-3-8-18-15/h2-3,5-6,8-9,11,24H,4,7,10,12-14H2,1H3. The minimum atomic E-state index is -0.926. The number of carbonyl (C=O) groups excluding carboxylic acids is 1. The maximum absolute atomic E-state index is 12.3. The van der Waals surface area contributed by atoms with Crippen molar-refractivity contribution < 1.29 is 9.90 Å². The van der Waals surface area contributed by atoms with Crippen molar-refractivity contribution in [2.24, 2.45) is 0 Å². The highest BCUT2D eigenvalue weighted by molar-refractivity contribution is 5.75. The molecule has 1 unspecified atom stereocenters. The van der Waals surface area contributed by atoms with Gasteiger partial charge in [0.25, 0.3) is 0 Å². The van der Waals surface area contributed by atoms with E-state index in [0.29, 0.717) is 19.5 Å². The van der Waals surface area contributed by atoms with Gasteiger partial charge in [-0.25, -0.2) is 4.98 Å². The average Bonchev–Trinajstić information content (AvgIpc) is 3.08. The predicted octanol–water partition coefficient (Wildman–Crippen LogP) is 0.768. The van der Waals surface area contributed by atoms with E-state index in [1.807, 2.05) is 18.2 Å². The van der Waals surface area contributed by atoms with Gasteiger partial charge in [0.05, 0.1) is 12.1 Å². The number of pyridine rings is 1. The second-order valence-corrected chi connectivity index (χ2v) is 6.39. The van der Waals surface area contributed by atoms with Gasteiger partial charge in [0, 0.05) is 38.7 Å². The van der Waals surface area contributed by atoms with Crippen molar-refractivity contribution in [1.82, 2.24) is 19.7 Å². The highest BCUT2D eigenvalue weighted by Gasteiger charge is 2.35. The molecule has 0 bridgehead atoms. The van der Waals surface area contributed by atoms with Gasteiger partial charge < -0.3 is 14.9 Å². The Kier molecular flexibility index (Phi) is 4.80. The summed E-state index contributed by atoms with van der Waals surface area (Å²) in [6.07, 6.45) is 6.70. The summed E-state index contributed by atoms with van der Waals surface area (Å²) in [5.41, 5.74) is -0.926. The van der Waals surface area contributed by atoms with E-state index in [4.69, 9.17) is 0 Å². The molecule has 0 saturated carbocycles. The molecule has 1 aliphatic rings. The molecule has 7 heteroatoms. The number of β-amino-alcohol motifs (C(OH)–C–C–N with tert-alkyl or cyclic N) is 1. The largest absolute Gasteiger partial charge is 0.386 e. The van der Waals surface area contributed by atoms with Crippen LogP contribution in [0.2, 0.25) is 0 Å². The van der Waals surface area contributed by atoms with E-state index in [2.05, 4.69) is 15.0 Å². The molecule has 1 aliphatic heterocycles. The van der Waals surface area contributed by atoms with Crippen LogP contribution in [0.5, 0.6) is 0 Å². The van der Waals surface area contributed by atoms with E-state index in [1.54, 1.807) is 41.3 Å². The molecule has 2 aromatic rings. The van der Waals surface area contributed by atoms with Crippen LogP contribution in [0.1, 0.15) is 12.8 Å². The summed E-state index contributed by atoms with van der Waals surface area (Å²) in [4.78, 5) is 20.3. The summed E-state index contributed by atoms with van der Waals surface area (Å²) in [6.45, 7) is 1.83. The van der Waals surface area contributed by atoms with E-state index >= 15 is 0 Å². The van der Waals surface area contributed by atoms with Crippen molar-refractivity contribution in [2.75, 3.05) is 31.6 Å². The lowest BCUT2D eigenvalue weighted by molar-refractivity contribution is -0.134. The third-order valence-electron chi connectivity index (χ3n) is 4.34. The lowest BCUT2D eigenvalue weighted by Gasteiger charge is -2.41. The molecule has 0 aromatic carbocycles. The van der Waals surface area contributed by atoms with Crippen LogP contribution >= 0.6 is 0 Å². The van der Waals surface area contributed by atoms with E-state index in [0.717, 1.165) is 18.8 Å². The first-order chi connectivity index (χ1) is 11.6. The fraction of sp³-hybridized carbons (Fsp3) is 0.471. The molecule has 1 saturated heterocycles. The number of amides is 1. The maximum Gasteiger partial charge on any atom is 0.244 e. The zero-order valence-electron chi connectivity index (χ0n) is 13.9. The Labute approximate surface area is 141 Å². The Morgan fingerprint density at radius 3 is 2.96 bits per heavy atom. The summed E-state index contributed by atoms with van der Waals surface area (Å²) < 4.78 is 1.59. The van der Waals surface area contributed by atoms with Gasteiger partial charge in [-0.3, -0.25) is 9.48 Å². The lowest BCUT2D eigenvalue weighted by atomic mass is 9.92. The van der Waals surface area contributed by atoms with Gasteiger partial charge in [-0.15, -0.1) is 0 Å². The van der Waals surface area contributed by atoms with Crippen LogP contribution in [0.25, 0.3) is 0 Å². The fourth-order valence-corrected chi connectivity index (χ4v) is 3.16. The maximum atomic E-state index is 12.3. The van der Waals surface area contributed by atoms with Crippen molar-refractivity contribution in [3.8, 4) is 0 Å². The Morgan fingerprint density at radius 2 is 2.25 bits per heavy atom. The van der Waals surface area contributed by atoms with Gasteiger partial charge in [0.15, 0.2) is 0 Å². The van der Waals surface area contributed by atoms with Crippen LogP contribution in [-0.2, 0) is 11.3 Å². The molecule has 1 amide bonds. The van der Waals surface area contributed by atoms with Crippen LogP contribution < -0.4 is 4.90 Å². The summed E-state index contributed by atoms with van der Waals surface area (Å²) in [5.74, 6) is 0.795. The Balaban J connectivity index is 1.61. The molecule has 2 aromatic heterocycles. The molecule has 0 aliphatic carbocycles. The third-order valence-corrected chi connectivity index (χ3v) is 4.34. The number of carbonyl (C=O) groups is 1. The van der Waals surface area contributed by atoms with E-state index in [-0.39, 0.29) is 12.5 Å². The van der Waals surface area contributed by atoms with Crippen LogP contribution in [0.15, 0.2) is 42.9 Å². The quantitative estimate of drug-likeness (QED) is 0.877. The van der Waals surface area contributed by atoms with E-state index in [9.17, 15) is 9.90 Å². The number of likely N-dealkylation sites (N-methyl/N-ethyl adjacent to an activating group) is 1. The minimum absolute atomic E-state index is 0.0675. The Morgan fingerprint density at radius 1 is 1.38 bits per heavy atom. The van der Waals surface area contributed by atoms with Gasteiger partial charge in [-0.2, -0.15) is 5.10 Å². The molecule has 3 rings (SSSR count). The molecule has 1 atom stereocenters. The number of aliphatic hydroxyl groups is 1. The summed E-state index contributed by atoms with van der Waals surface area (Å²) in [5, 5.41) is 15.0. The number of rotatable bonds is 5. The smallest absolute Gasteiger partial charge is 0.244 e. The molecule has 3 heterocycles. The number of anilines is 1. The van der Waals surface area contributed by atoms with E-state index in [1.165, 1.54) is 0 Å². The van der Waals surface area contributed by atoms with Crippen molar-refractivity contribution in [2.45, 2.75) is 25.0 Å². The normalized spacial score (nSPS) is 20.8. The van der Waals surface area contributed by atoms with Crippen molar-refractivity contribution in [3.63, 3.8) is 0 Å². The SMILES string of the molecule is CN(CC1(O)CCCN(c2ccccn2)C1)C(=O)Cn1cccn1. The first-order valence-electron chi connectivity index (χ1n) is 8.15. The van der Waals surface area contributed by atoms with Crippen molar-refractivity contribution >= 4 is 11.7 Å². The average molecular weight is 329 g/mol. The second-order valence-electron chi connectivity index (χ2n) is 6.39. The predicted molar refractivity (Wildman–Crippen MR) is 90.5 cm³/mol. The fourth-order valence-electron chi connectivity index (χ4n) is 3.16. The van der Waals surface area contributed by atoms with Crippen LogP contribution in [0, 0.1) is 0 Å². The van der Waals surface area contributed by atoms with Gasteiger partial charge in [-0.1, -0.05) is 6.07 Å². The highest BCUT2D eigenvalue weighted by atomic mass is 16.3. The van der Waals surface area contributed by atoms with Crippen LogP contribution in [0.4, 0.5) is 5.82 Å². The first kappa shape index (κ1) is 16.4. The molecule has 0 radical (unpaired) electrons. The van der Waals surface area contributed by atoms with Crippen LogP contribution in [0.3, 0.4) is 0 Å². The number of nitrogens with zero attached hydrogens (tertiary/aromatic N) is 5. The monoisotopic (exact) mass is 329 g/mol. The molecule has 0 spiro atoms. The first-order valence-corrected chi connectivity index (χ1v) is 8.15. The topological polar surface area (TPSA) is 74.5 Å². The molecule has 1 fully saturated rings. The number of hydrogen-bond donors (Lipinski definition) is 1. The molecule has 24 heavy (non-hydrogen) atoms. The van der Waals surface area contributed by atoms with Crippen LogP contribution in [-0.4, -0.2) is 63.0 Å². The summed E-state index contributed by atoms with van der Waals surface area (Å²) >= 11 is 0.